The van der Waals surface area contributed by atoms with E-state index in [2.05, 4.69) is 4.98 Å². The topological polar surface area (TPSA) is 89.4 Å². The molecule has 14 heavy (non-hydrogen) atoms. The van der Waals surface area contributed by atoms with E-state index in [1.165, 1.54) is 12.1 Å². The van der Waals surface area contributed by atoms with Crippen molar-refractivity contribution < 1.29 is 14.4 Å². The Balaban J connectivity index is 2.73. The van der Waals surface area contributed by atoms with Gasteiger partial charge in [-0.25, -0.2) is 4.98 Å². The molecule has 0 atom stereocenters. The molecule has 0 spiro atoms. The second-order valence-electron chi connectivity index (χ2n) is 2.65. The van der Waals surface area contributed by atoms with E-state index in [9.17, 15) is 10.1 Å². The van der Waals surface area contributed by atoms with Crippen LogP contribution in [0.25, 0.3) is 11.1 Å². The average Bonchev–Trinajstić information content (AvgIpc) is 2.59. The Morgan fingerprint density at radius 2 is 2.36 bits per heavy atom. The molecular weight excluding hydrogens is 188 g/mol. The predicted molar refractivity (Wildman–Crippen MR) is 46.6 cm³/mol. The van der Waals surface area contributed by atoms with Gasteiger partial charge in [-0.1, -0.05) is 6.07 Å². The van der Waals surface area contributed by atoms with Gasteiger partial charge in [-0.3, -0.25) is 10.1 Å². The van der Waals surface area contributed by atoms with Gasteiger partial charge in [0.25, 0.3) is 0 Å². The van der Waals surface area contributed by atoms with Crippen molar-refractivity contribution in [2.24, 2.45) is 0 Å². The Labute approximate surface area is 77.9 Å². The third-order valence-corrected chi connectivity index (χ3v) is 1.77. The van der Waals surface area contributed by atoms with Crippen LogP contribution in [0.2, 0.25) is 0 Å². The van der Waals surface area contributed by atoms with Crippen LogP contribution in [0.5, 0.6) is 0 Å². The lowest BCUT2D eigenvalue weighted by Crippen LogP contribution is -1.87. The van der Waals surface area contributed by atoms with Crippen LogP contribution in [0, 0.1) is 10.1 Å². The minimum Gasteiger partial charge on any atom is -0.431 e. The first kappa shape index (κ1) is 8.64. The standard InChI is InChI=1S/C8H6N2O4/c11-4-7-9-5-2-1-3-6(10(12)13)8(5)14-7/h1-3,11H,4H2. The summed E-state index contributed by atoms with van der Waals surface area (Å²) in [7, 11) is 0. The lowest BCUT2D eigenvalue weighted by molar-refractivity contribution is -0.383. The summed E-state index contributed by atoms with van der Waals surface area (Å²) in [6, 6.07) is 4.43. The van der Waals surface area contributed by atoms with Gasteiger partial charge >= 0.3 is 5.69 Å². The van der Waals surface area contributed by atoms with E-state index in [1.54, 1.807) is 6.07 Å². The van der Waals surface area contributed by atoms with Crippen LogP contribution in [0.3, 0.4) is 0 Å². The Morgan fingerprint density at radius 3 is 3.00 bits per heavy atom. The third kappa shape index (κ3) is 1.21. The van der Waals surface area contributed by atoms with Crippen molar-refractivity contribution in [3.8, 4) is 0 Å². The van der Waals surface area contributed by atoms with E-state index in [1.807, 2.05) is 0 Å². The van der Waals surface area contributed by atoms with Crippen molar-refractivity contribution in [1.29, 1.82) is 0 Å². The summed E-state index contributed by atoms with van der Waals surface area (Å²) >= 11 is 0. The maximum Gasteiger partial charge on any atom is 0.313 e. The van der Waals surface area contributed by atoms with Gasteiger partial charge < -0.3 is 9.52 Å². The highest BCUT2D eigenvalue weighted by molar-refractivity contribution is 5.82. The first-order valence-corrected chi connectivity index (χ1v) is 3.86. The molecule has 0 radical (unpaired) electrons. The van der Waals surface area contributed by atoms with E-state index in [-0.39, 0.29) is 23.8 Å². The number of aromatic nitrogens is 1. The summed E-state index contributed by atoms with van der Waals surface area (Å²) in [6.07, 6.45) is 0. The van der Waals surface area contributed by atoms with Crippen LogP contribution in [0.1, 0.15) is 5.89 Å². The molecular formula is C8H6N2O4. The fourth-order valence-electron chi connectivity index (χ4n) is 1.19. The number of rotatable bonds is 2. The van der Waals surface area contributed by atoms with Gasteiger partial charge in [0.1, 0.15) is 12.1 Å². The highest BCUT2D eigenvalue weighted by atomic mass is 16.6. The lowest BCUT2D eigenvalue weighted by atomic mass is 10.3. The van der Waals surface area contributed by atoms with Gasteiger partial charge in [0.05, 0.1) is 4.92 Å². The molecule has 6 heteroatoms. The molecule has 0 unspecified atom stereocenters. The zero-order valence-electron chi connectivity index (χ0n) is 7.01. The monoisotopic (exact) mass is 194 g/mol. The number of aliphatic hydroxyl groups is 1. The van der Waals surface area contributed by atoms with Crippen molar-refractivity contribution >= 4 is 16.8 Å². The van der Waals surface area contributed by atoms with Crippen LogP contribution < -0.4 is 0 Å². The minimum absolute atomic E-state index is 0.0781. The molecule has 0 aliphatic heterocycles. The maximum atomic E-state index is 10.6. The molecule has 0 bridgehead atoms. The summed E-state index contributed by atoms with van der Waals surface area (Å²) in [5, 5.41) is 19.3. The Morgan fingerprint density at radius 1 is 1.57 bits per heavy atom. The van der Waals surface area contributed by atoms with Crippen LogP contribution in [0.4, 0.5) is 5.69 Å². The Bertz CT molecular complexity index is 491. The minimum atomic E-state index is -0.547. The largest absolute Gasteiger partial charge is 0.431 e. The first-order chi connectivity index (χ1) is 6.72. The molecule has 1 N–H and O–H groups in total. The maximum absolute atomic E-state index is 10.6. The van der Waals surface area contributed by atoms with Crippen molar-refractivity contribution in [2.45, 2.75) is 6.61 Å². The molecule has 0 saturated carbocycles. The summed E-state index contributed by atoms with van der Waals surface area (Å²) in [4.78, 5) is 13.9. The molecule has 0 fully saturated rings. The van der Waals surface area contributed by atoms with E-state index >= 15 is 0 Å². The first-order valence-electron chi connectivity index (χ1n) is 3.86. The SMILES string of the molecule is O=[N+]([O-])c1cccc2nc(CO)oc12. The van der Waals surface area contributed by atoms with Gasteiger partial charge in [-0.2, -0.15) is 0 Å². The number of nitro benzene ring substituents is 1. The fourth-order valence-corrected chi connectivity index (χ4v) is 1.19. The summed E-state index contributed by atoms with van der Waals surface area (Å²) in [5.41, 5.74) is 0.333. The van der Waals surface area contributed by atoms with Crippen LogP contribution >= 0.6 is 0 Å². The fraction of sp³-hybridized carbons (Fsp3) is 0.125. The van der Waals surface area contributed by atoms with Crippen LogP contribution in [0.15, 0.2) is 22.6 Å². The summed E-state index contributed by atoms with van der Waals surface area (Å²) in [5.74, 6) is 0.0781. The third-order valence-electron chi connectivity index (χ3n) is 1.77. The number of para-hydroxylation sites is 1. The number of hydrogen-bond donors (Lipinski definition) is 1. The molecule has 6 nitrogen and oxygen atoms in total. The summed E-state index contributed by atoms with van der Waals surface area (Å²) in [6.45, 7) is -0.369. The normalized spacial score (nSPS) is 10.6. The molecule has 1 aromatic heterocycles. The molecule has 0 aliphatic carbocycles. The molecule has 2 aromatic rings. The van der Waals surface area contributed by atoms with Crippen molar-refractivity contribution in [3.05, 3.63) is 34.2 Å². The second kappa shape index (κ2) is 3.08. The van der Waals surface area contributed by atoms with Crippen LogP contribution in [-0.4, -0.2) is 15.0 Å². The van der Waals surface area contributed by atoms with E-state index in [4.69, 9.17) is 9.52 Å². The molecule has 1 aromatic carbocycles. The lowest BCUT2D eigenvalue weighted by Gasteiger charge is -1.89. The Kier molecular flexibility index (Phi) is 1.90. The predicted octanol–water partition coefficient (Wildman–Crippen LogP) is 1.23. The molecule has 0 amide bonds. The number of non-ortho nitro benzene ring substituents is 1. The number of benzene rings is 1. The van der Waals surface area contributed by atoms with Crippen LogP contribution in [-0.2, 0) is 6.61 Å². The number of fused-ring (bicyclic) bond motifs is 1. The second-order valence-corrected chi connectivity index (χ2v) is 2.65. The smallest absolute Gasteiger partial charge is 0.313 e. The van der Waals surface area contributed by atoms with E-state index in [0.29, 0.717) is 5.52 Å². The Hall–Kier alpha value is -1.95. The van der Waals surface area contributed by atoms with E-state index in [0.717, 1.165) is 0 Å². The van der Waals surface area contributed by atoms with Crippen molar-refractivity contribution in [2.75, 3.05) is 0 Å². The van der Waals surface area contributed by atoms with Gasteiger partial charge in [0.15, 0.2) is 0 Å². The molecule has 1 heterocycles. The quantitative estimate of drug-likeness (QED) is 0.573. The number of aliphatic hydroxyl groups excluding tert-OH is 1. The number of nitrogens with zero attached hydrogens (tertiary/aromatic N) is 2. The number of oxazole rings is 1. The molecule has 0 saturated heterocycles. The van der Waals surface area contributed by atoms with Gasteiger partial charge in [0.2, 0.25) is 11.5 Å². The van der Waals surface area contributed by atoms with Gasteiger partial charge in [0, 0.05) is 6.07 Å². The van der Waals surface area contributed by atoms with Crippen molar-refractivity contribution in [1.82, 2.24) is 4.98 Å². The molecule has 72 valence electrons. The highest BCUT2D eigenvalue weighted by Gasteiger charge is 2.16. The highest BCUT2D eigenvalue weighted by Crippen LogP contribution is 2.25. The number of nitro groups is 1. The summed E-state index contributed by atoms with van der Waals surface area (Å²) < 4.78 is 5.01. The molecule has 2 rings (SSSR count). The van der Waals surface area contributed by atoms with Gasteiger partial charge in [-0.15, -0.1) is 0 Å². The zero-order chi connectivity index (χ0) is 10.1. The van der Waals surface area contributed by atoms with Gasteiger partial charge in [-0.05, 0) is 6.07 Å². The van der Waals surface area contributed by atoms with Crippen molar-refractivity contribution in [3.63, 3.8) is 0 Å². The van der Waals surface area contributed by atoms with E-state index < -0.39 is 4.92 Å². The zero-order valence-corrected chi connectivity index (χ0v) is 7.01. The average molecular weight is 194 g/mol. The molecule has 0 aliphatic rings. The number of hydrogen-bond acceptors (Lipinski definition) is 5.